The quantitative estimate of drug-likeness (QED) is 0.299. The molecule has 14 heavy (non-hydrogen) atoms. The van der Waals surface area contributed by atoms with E-state index in [1.54, 1.807) is 0 Å². The SMILES string of the molecule is N#CS.N#CS.N#CS.N#CS.[KH].[Zn]. The molecule has 0 aromatic carbocycles. The molecule has 0 saturated heterocycles. The zero-order valence-corrected chi connectivity index (χ0v) is 12.8. The fraction of sp³-hybridized carbons (Fsp3) is 0. The van der Waals surface area contributed by atoms with E-state index in [1.165, 1.54) is 21.6 Å². The molecule has 10 heteroatoms. The molecule has 0 spiro atoms. The van der Waals surface area contributed by atoms with E-state index in [-0.39, 0.29) is 70.9 Å². The minimum Gasteiger partial charge on any atom is 0 e. The third kappa shape index (κ3) is 827. The number of rotatable bonds is 0. The van der Waals surface area contributed by atoms with Crippen molar-refractivity contribution in [2.45, 2.75) is 0 Å². The predicted molar refractivity (Wildman–Crippen MR) is 65.5 cm³/mol. The van der Waals surface area contributed by atoms with E-state index in [4.69, 9.17) is 21.0 Å². The summed E-state index contributed by atoms with van der Waals surface area (Å²) in [6.45, 7) is 0. The number of thiol groups is 4. The molecular weight excluding hydrogens is 337 g/mol. The van der Waals surface area contributed by atoms with Gasteiger partial charge in [-0.05, 0) is 0 Å². The summed E-state index contributed by atoms with van der Waals surface area (Å²) < 4.78 is 0. The molecule has 0 aromatic rings. The van der Waals surface area contributed by atoms with Crippen LogP contribution < -0.4 is 0 Å². The maximum absolute atomic E-state index is 7.18. The molecule has 0 aliphatic rings. The van der Waals surface area contributed by atoms with Crippen molar-refractivity contribution in [2.75, 3.05) is 0 Å². The Morgan fingerprint density at radius 3 is 0.571 bits per heavy atom. The van der Waals surface area contributed by atoms with Crippen molar-refractivity contribution in [3.8, 4) is 21.6 Å². The van der Waals surface area contributed by atoms with Crippen molar-refractivity contribution in [1.82, 2.24) is 0 Å². The number of nitrogens with zero attached hydrogens (tertiary/aromatic N) is 4. The van der Waals surface area contributed by atoms with Gasteiger partial charge in [-0.25, -0.2) is 0 Å². The van der Waals surface area contributed by atoms with E-state index >= 15 is 0 Å². The molecule has 0 amide bonds. The molecule has 0 radical (unpaired) electrons. The van der Waals surface area contributed by atoms with E-state index in [0.29, 0.717) is 0 Å². The summed E-state index contributed by atoms with van der Waals surface area (Å²) in [5.41, 5.74) is 0. The van der Waals surface area contributed by atoms with Crippen LogP contribution in [0, 0.1) is 42.7 Å². The van der Waals surface area contributed by atoms with Gasteiger partial charge >= 0.3 is 51.4 Å². The molecule has 0 bridgehead atoms. The maximum atomic E-state index is 7.18. The molecule has 0 fully saturated rings. The van der Waals surface area contributed by atoms with Crippen LogP contribution in [0.5, 0.6) is 0 Å². The van der Waals surface area contributed by atoms with Crippen molar-refractivity contribution in [3.63, 3.8) is 0 Å². The Balaban J connectivity index is -0.0000000145. The van der Waals surface area contributed by atoms with E-state index in [1.807, 2.05) is 0 Å². The number of nitriles is 4. The molecule has 68 valence electrons. The van der Waals surface area contributed by atoms with Crippen LogP contribution in [-0.2, 0) is 19.5 Å². The van der Waals surface area contributed by atoms with Gasteiger partial charge in [-0.1, -0.05) is 50.5 Å². The van der Waals surface area contributed by atoms with Gasteiger partial charge in [-0.3, -0.25) is 0 Å². The predicted octanol–water partition coefficient (Wildman–Crippen LogP) is 0.938. The first-order chi connectivity index (χ1) is 5.66. The van der Waals surface area contributed by atoms with Gasteiger partial charge < -0.3 is 0 Å². The minimum atomic E-state index is 0. The van der Waals surface area contributed by atoms with Crippen LogP contribution in [-0.4, -0.2) is 51.4 Å². The van der Waals surface area contributed by atoms with Crippen molar-refractivity contribution in [2.24, 2.45) is 0 Å². The van der Waals surface area contributed by atoms with Gasteiger partial charge in [0.05, 0.1) is 0 Å². The molecular formula is C4H5KN4S4Zn. The fourth-order valence-corrected chi connectivity index (χ4v) is 0. The summed E-state index contributed by atoms with van der Waals surface area (Å²) in [7, 11) is 0. The van der Waals surface area contributed by atoms with Crippen LogP contribution in [0.4, 0.5) is 0 Å². The van der Waals surface area contributed by atoms with Gasteiger partial charge in [0.15, 0.2) is 0 Å². The Labute approximate surface area is 161 Å². The Bertz CT molecular complexity index is 163. The van der Waals surface area contributed by atoms with Gasteiger partial charge in [0.2, 0.25) is 0 Å². The number of hydrogen-bond acceptors (Lipinski definition) is 8. The molecule has 4 nitrogen and oxygen atoms in total. The van der Waals surface area contributed by atoms with Crippen molar-refractivity contribution >= 4 is 102 Å². The molecule has 0 atom stereocenters. The largest absolute Gasteiger partial charge is 0 e. The summed E-state index contributed by atoms with van der Waals surface area (Å²) in [4.78, 5) is 0. The topological polar surface area (TPSA) is 95.2 Å². The second-order valence-corrected chi connectivity index (χ2v) is 1.20. The molecule has 0 unspecified atom stereocenters. The molecule has 0 aromatic heterocycles. The van der Waals surface area contributed by atoms with E-state index in [9.17, 15) is 0 Å². The van der Waals surface area contributed by atoms with Gasteiger partial charge in [0, 0.05) is 19.5 Å². The zero-order valence-electron chi connectivity index (χ0n) is 6.28. The van der Waals surface area contributed by atoms with E-state index < -0.39 is 0 Å². The minimum absolute atomic E-state index is 0. The molecule has 0 N–H and O–H groups in total. The van der Waals surface area contributed by atoms with Crippen LogP contribution in [0.3, 0.4) is 0 Å². The van der Waals surface area contributed by atoms with Crippen molar-refractivity contribution in [1.29, 1.82) is 21.0 Å². The Morgan fingerprint density at radius 2 is 0.571 bits per heavy atom. The van der Waals surface area contributed by atoms with Gasteiger partial charge in [-0.15, -0.1) is 0 Å². The van der Waals surface area contributed by atoms with Crippen LogP contribution in [0.2, 0.25) is 0 Å². The third-order valence-electron chi connectivity index (χ3n) is 0. The number of hydrogen-bond donors (Lipinski definition) is 4. The van der Waals surface area contributed by atoms with Gasteiger partial charge in [0.1, 0.15) is 21.6 Å². The third-order valence-corrected chi connectivity index (χ3v) is 0. The zero-order chi connectivity index (χ0) is 10.8. The monoisotopic (exact) mass is 340 g/mol. The average Bonchev–Trinajstić information content (AvgIpc) is 1.92. The number of thiocyanates is 4. The Kier molecular flexibility index (Phi) is 221. The summed E-state index contributed by atoms with van der Waals surface area (Å²) in [6, 6.07) is 0. The summed E-state index contributed by atoms with van der Waals surface area (Å²) >= 11 is 12.4. The first-order valence-corrected chi connectivity index (χ1v) is 3.58. The molecule has 0 aliphatic heterocycles. The van der Waals surface area contributed by atoms with Crippen LogP contribution in [0.15, 0.2) is 0 Å². The summed E-state index contributed by atoms with van der Waals surface area (Å²) in [5.74, 6) is 0. The second kappa shape index (κ2) is 85.9. The normalized spacial score (nSPS) is 2.29. The molecule has 0 heterocycles. The summed E-state index contributed by atoms with van der Waals surface area (Å²) in [5, 5.41) is 34.5. The van der Waals surface area contributed by atoms with Crippen molar-refractivity contribution in [3.05, 3.63) is 0 Å². The molecule has 0 rings (SSSR count). The van der Waals surface area contributed by atoms with E-state index in [0.717, 1.165) is 0 Å². The molecule has 0 aliphatic carbocycles. The van der Waals surface area contributed by atoms with Crippen molar-refractivity contribution < 1.29 is 19.5 Å². The summed E-state index contributed by atoms with van der Waals surface area (Å²) in [6.07, 6.45) is 0. The smallest absolute Gasteiger partial charge is 0 e. The van der Waals surface area contributed by atoms with Crippen LogP contribution in [0.25, 0.3) is 0 Å². The van der Waals surface area contributed by atoms with E-state index in [2.05, 4.69) is 50.5 Å². The Hall–Kier alpha value is 1.62. The second-order valence-electron chi connectivity index (χ2n) is 0.400. The first-order valence-electron chi connectivity index (χ1n) is 1.79. The maximum Gasteiger partial charge on any atom is 0 e. The van der Waals surface area contributed by atoms with Crippen LogP contribution >= 0.6 is 50.5 Å². The van der Waals surface area contributed by atoms with Gasteiger partial charge in [-0.2, -0.15) is 21.0 Å². The molecule has 0 saturated carbocycles. The van der Waals surface area contributed by atoms with Gasteiger partial charge in [0.25, 0.3) is 0 Å². The average molecular weight is 342 g/mol. The fourth-order valence-electron chi connectivity index (χ4n) is 0. The Morgan fingerprint density at radius 1 is 0.571 bits per heavy atom. The first kappa shape index (κ1) is 36.1. The van der Waals surface area contributed by atoms with Crippen LogP contribution in [0.1, 0.15) is 0 Å². The standard InChI is InChI=1S/4CHNS.K.Zn.H/c4*2-1-3;;;/h4*3H;;;.